The SMILES string of the molecule is O=C(O)CC(O)C(=O)O.[Ce]. The van der Waals surface area contributed by atoms with Crippen molar-refractivity contribution in [2.45, 2.75) is 12.5 Å². The van der Waals surface area contributed by atoms with Gasteiger partial charge in [0.15, 0.2) is 6.10 Å². The third kappa shape index (κ3) is 6.40. The van der Waals surface area contributed by atoms with Crippen LogP contribution < -0.4 is 0 Å². The predicted molar refractivity (Wildman–Crippen MR) is 25.9 cm³/mol. The molecule has 56 valence electrons. The van der Waals surface area contributed by atoms with E-state index in [1.165, 1.54) is 0 Å². The Morgan fingerprint density at radius 2 is 1.70 bits per heavy atom. The minimum atomic E-state index is -1.79. The monoisotopic (exact) mass is 274 g/mol. The molecule has 3 N–H and O–H groups in total. The van der Waals surface area contributed by atoms with Gasteiger partial charge in [-0.25, -0.2) is 4.79 Å². The van der Waals surface area contributed by atoms with E-state index in [9.17, 15) is 9.59 Å². The van der Waals surface area contributed by atoms with Gasteiger partial charge in [0.05, 0.1) is 6.42 Å². The van der Waals surface area contributed by atoms with Crippen LogP contribution >= 0.6 is 0 Å². The molecule has 6 heteroatoms. The van der Waals surface area contributed by atoms with E-state index in [-0.39, 0.29) is 41.7 Å². The molecule has 0 fully saturated rings. The van der Waals surface area contributed by atoms with E-state index in [4.69, 9.17) is 15.3 Å². The van der Waals surface area contributed by atoms with Gasteiger partial charge in [-0.05, 0) is 0 Å². The standard InChI is InChI=1S/C4H6O5.Ce/c5-2(4(8)9)1-3(6)7;/h2,5H,1H2,(H,6,7)(H,8,9);. The average Bonchev–Trinajstić information content (AvgIpc) is 1.63. The van der Waals surface area contributed by atoms with Crippen molar-refractivity contribution in [1.29, 1.82) is 0 Å². The topological polar surface area (TPSA) is 94.8 Å². The molecule has 1 unspecified atom stereocenters. The van der Waals surface area contributed by atoms with Crippen LogP contribution in [0.3, 0.4) is 0 Å². The largest absolute Gasteiger partial charge is 0.481 e. The molecular weight excluding hydrogens is 268 g/mol. The Kier molecular flexibility index (Phi) is 7.77. The number of carboxylic acid groups (broad SMARTS) is 2. The van der Waals surface area contributed by atoms with E-state index in [0.29, 0.717) is 0 Å². The van der Waals surface area contributed by atoms with Crippen molar-refractivity contribution in [3.63, 3.8) is 0 Å². The minimum Gasteiger partial charge on any atom is -0.481 e. The number of rotatable bonds is 3. The zero-order chi connectivity index (χ0) is 7.44. The van der Waals surface area contributed by atoms with Crippen LogP contribution in [-0.2, 0) is 9.59 Å². The quantitative estimate of drug-likeness (QED) is 0.607. The summed E-state index contributed by atoms with van der Waals surface area (Å²) in [6.45, 7) is 0. The molecule has 0 saturated heterocycles. The molecule has 0 aliphatic carbocycles. The number of carboxylic acids is 2. The smallest absolute Gasteiger partial charge is 0.333 e. The maximum atomic E-state index is 9.72. The Morgan fingerprint density at radius 3 is 1.80 bits per heavy atom. The molecule has 0 amide bonds. The molecule has 0 aromatic carbocycles. The Labute approximate surface area is 90.4 Å². The summed E-state index contributed by atoms with van der Waals surface area (Å²) < 4.78 is 0. The van der Waals surface area contributed by atoms with Gasteiger partial charge in [-0.3, -0.25) is 4.79 Å². The zero-order valence-corrected chi connectivity index (χ0v) is 8.08. The van der Waals surface area contributed by atoms with Crippen LogP contribution in [-0.4, -0.2) is 33.4 Å². The molecule has 10 heavy (non-hydrogen) atoms. The maximum absolute atomic E-state index is 9.72. The van der Waals surface area contributed by atoms with Crippen molar-refractivity contribution in [3.8, 4) is 0 Å². The van der Waals surface area contributed by atoms with Crippen molar-refractivity contribution in [2.75, 3.05) is 0 Å². The van der Waals surface area contributed by atoms with Crippen LogP contribution in [0.15, 0.2) is 0 Å². The molecular formula is C4H6CeO5. The molecule has 0 aliphatic heterocycles. The molecule has 5 nitrogen and oxygen atoms in total. The number of aliphatic carboxylic acids is 2. The summed E-state index contributed by atoms with van der Waals surface area (Å²) in [5.74, 6) is -2.85. The van der Waals surface area contributed by atoms with E-state index in [1.807, 2.05) is 0 Å². The maximum Gasteiger partial charge on any atom is 0.333 e. The second-order valence-corrected chi connectivity index (χ2v) is 1.45. The normalized spacial score (nSPS) is 11.3. The summed E-state index contributed by atoms with van der Waals surface area (Å²) >= 11 is 0. The van der Waals surface area contributed by atoms with Gasteiger partial charge in [-0.15, -0.1) is 0 Å². The van der Waals surface area contributed by atoms with E-state index in [0.717, 1.165) is 0 Å². The van der Waals surface area contributed by atoms with Gasteiger partial charge in [0.25, 0.3) is 0 Å². The second-order valence-electron chi connectivity index (χ2n) is 1.45. The number of aliphatic hydroxyl groups is 1. The van der Waals surface area contributed by atoms with E-state index >= 15 is 0 Å². The Hall–Kier alpha value is 0.277. The van der Waals surface area contributed by atoms with Crippen molar-refractivity contribution in [1.82, 2.24) is 0 Å². The molecule has 0 spiro atoms. The van der Waals surface area contributed by atoms with Crippen molar-refractivity contribution >= 4 is 11.9 Å². The second kappa shape index (κ2) is 6.02. The summed E-state index contributed by atoms with van der Waals surface area (Å²) in [6, 6.07) is 0. The first-order chi connectivity index (χ1) is 4.04. The van der Waals surface area contributed by atoms with Crippen molar-refractivity contribution < 1.29 is 66.7 Å². The number of hydrogen-bond acceptors (Lipinski definition) is 3. The van der Waals surface area contributed by atoms with Crippen LogP contribution in [0, 0.1) is 41.7 Å². The van der Waals surface area contributed by atoms with Gasteiger partial charge >= 0.3 is 11.9 Å². The summed E-state index contributed by atoms with van der Waals surface area (Å²) in [4.78, 5) is 19.4. The minimum absolute atomic E-state index is 0. The third-order valence-electron chi connectivity index (χ3n) is 0.653. The molecule has 0 aromatic heterocycles. The van der Waals surface area contributed by atoms with Crippen LogP contribution in [0.25, 0.3) is 0 Å². The first-order valence-electron chi connectivity index (χ1n) is 2.16. The molecule has 0 aliphatic rings. The van der Waals surface area contributed by atoms with Crippen molar-refractivity contribution in [2.24, 2.45) is 0 Å². The summed E-state index contributed by atoms with van der Waals surface area (Å²) in [7, 11) is 0. The van der Waals surface area contributed by atoms with Gasteiger partial charge in [-0.2, -0.15) is 0 Å². The van der Waals surface area contributed by atoms with Gasteiger partial charge in [-0.1, -0.05) is 0 Å². The van der Waals surface area contributed by atoms with E-state index in [2.05, 4.69) is 0 Å². The van der Waals surface area contributed by atoms with E-state index < -0.39 is 24.5 Å². The Balaban J connectivity index is 0. The van der Waals surface area contributed by atoms with E-state index in [1.54, 1.807) is 0 Å². The molecule has 0 saturated carbocycles. The molecule has 1 atom stereocenters. The first-order valence-corrected chi connectivity index (χ1v) is 2.16. The summed E-state index contributed by atoms with van der Waals surface area (Å²) in [6.07, 6.45) is -2.54. The number of carbonyl (C=O) groups is 2. The summed E-state index contributed by atoms with van der Waals surface area (Å²) in [5.41, 5.74) is 0. The Morgan fingerprint density at radius 1 is 1.30 bits per heavy atom. The van der Waals surface area contributed by atoms with Crippen LogP contribution in [0.1, 0.15) is 6.42 Å². The molecule has 0 bridgehead atoms. The third-order valence-corrected chi connectivity index (χ3v) is 0.653. The molecule has 0 rings (SSSR count). The summed E-state index contributed by atoms with van der Waals surface area (Å²) in [5, 5.41) is 24.1. The molecule has 0 aromatic rings. The first kappa shape index (κ1) is 12.9. The number of hydrogen-bond donors (Lipinski definition) is 3. The fourth-order valence-electron chi connectivity index (χ4n) is 0.253. The zero-order valence-electron chi connectivity index (χ0n) is 4.94. The van der Waals surface area contributed by atoms with Crippen LogP contribution in [0.5, 0.6) is 0 Å². The van der Waals surface area contributed by atoms with Gasteiger partial charge < -0.3 is 15.3 Å². The van der Waals surface area contributed by atoms with Crippen molar-refractivity contribution in [3.05, 3.63) is 0 Å². The molecule has 0 heterocycles. The molecule has 0 radical (unpaired) electrons. The van der Waals surface area contributed by atoms with Crippen LogP contribution in [0.2, 0.25) is 0 Å². The number of aliphatic hydroxyl groups excluding tert-OH is 1. The van der Waals surface area contributed by atoms with Crippen LogP contribution in [0.4, 0.5) is 0 Å². The fraction of sp³-hybridized carbons (Fsp3) is 0.500. The fourth-order valence-corrected chi connectivity index (χ4v) is 0.253. The average molecular weight is 274 g/mol. The Bertz CT molecular complexity index is 134. The van der Waals surface area contributed by atoms with Gasteiger partial charge in [0.1, 0.15) is 0 Å². The van der Waals surface area contributed by atoms with Gasteiger partial charge in [0.2, 0.25) is 0 Å². The predicted octanol–water partition coefficient (Wildman–Crippen LogP) is -1.09. The van der Waals surface area contributed by atoms with Gasteiger partial charge in [0, 0.05) is 41.7 Å².